The maximum atomic E-state index is 10.8. The summed E-state index contributed by atoms with van der Waals surface area (Å²) >= 11 is 0. The summed E-state index contributed by atoms with van der Waals surface area (Å²) in [4.78, 5) is 21.5. The molecule has 0 saturated carbocycles. The van der Waals surface area contributed by atoms with E-state index in [1.54, 1.807) is 0 Å². The topological polar surface area (TPSA) is 81.4 Å². The first kappa shape index (κ1) is 10.8. The van der Waals surface area contributed by atoms with Crippen LogP contribution in [-0.4, -0.2) is 40.4 Å². The minimum Gasteiger partial charge on any atom is -0.476 e. The number of hydrogen-bond donors (Lipinski definition) is 1. The van der Waals surface area contributed by atoms with E-state index in [2.05, 4.69) is 5.10 Å². The number of carbonyl (C=O) groups excluding carboxylic acids is 1. The zero-order chi connectivity index (χ0) is 11.5. The number of carboxylic acids is 1. The molecule has 86 valence electrons. The fraction of sp³-hybridized carbons (Fsp3) is 0.500. The van der Waals surface area contributed by atoms with Crippen LogP contribution in [0.1, 0.15) is 39.7 Å². The summed E-state index contributed by atoms with van der Waals surface area (Å²) in [6.45, 7) is 1.24. The molecule has 16 heavy (non-hydrogen) atoms. The number of aromatic carboxylic acids is 1. The predicted octanol–water partition coefficient (Wildman–Crippen LogP) is 0.745. The van der Waals surface area contributed by atoms with Crippen LogP contribution in [0.15, 0.2) is 6.20 Å². The van der Waals surface area contributed by atoms with Crippen molar-refractivity contribution in [1.29, 1.82) is 0 Å². The Labute approximate surface area is 91.8 Å². The molecule has 1 unspecified atom stereocenters. The zero-order valence-corrected chi connectivity index (χ0v) is 8.63. The molecule has 1 atom stereocenters. The average Bonchev–Trinajstić information content (AvgIpc) is 2.74. The molecule has 0 spiro atoms. The van der Waals surface area contributed by atoms with Crippen molar-refractivity contribution in [1.82, 2.24) is 9.78 Å². The highest BCUT2D eigenvalue weighted by atomic mass is 16.5. The van der Waals surface area contributed by atoms with E-state index in [-0.39, 0.29) is 17.3 Å². The van der Waals surface area contributed by atoms with Crippen LogP contribution in [0, 0.1) is 0 Å². The average molecular weight is 224 g/mol. The molecular weight excluding hydrogens is 212 g/mol. The van der Waals surface area contributed by atoms with E-state index in [1.807, 2.05) is 0 Å². The predicted molar refractivity (Wildman–Crippen MR) is 53.7 cm³/mol. The molecule has 0 aliphatic carbocycles. The van der Waals surface area contributed by atoms with Gasteiger partial charge in [0.15, 0.2) is 12.0 Å². The molecule has 1 N–H and O–H groups in total. The van der Waals surface area contributed by atoms with Crippen LogP contribution in [-0.2, 0) is 4.74 Å². The first-order valence-corrected chi connectivity index (χ1v) is 5.07. The maximum absolute atomic E-state index is 10.8. The van der Waals surface area contributed by atoms with E-state index < -0.39 is 5.97 Å². The Morgan fingerprint density at radius 3 is 3.00 bits per heavy atom. The number of carbonyl (C=O) groups is 2. The number of nitrogens with zero attached hydrogens (tertiary/aromatic N) is 2. The minimum absolute atomic E-state index is 0.0283. The number of ether oxygens (including phenoxy) is 1. The lowest BCUT2D eigenvalue weighted by molar-refractivity contribution is 0.0540. The third-order valence-corrected chi connectivity index (χ3v) is 2.60. The summed E-state index contributed by atoms with van der Waals surface area (Å²) in [5, 5.41) is 12.8. The summed E-state index contributed by atoms with van der Waals surface area (Å²) in [6, 6.07) is 0.0283. The third kappa shape index (κ3) is 1.96. The van der Waals surface area contributed by atoms with Crippen LogP contribution >= 0.6 is 0 Å². The van der Waals surface area contributed by atoms with Gasteiger partial charge in [-0.3, -0.25) is 9.48 Å². The van der Waals surface area contributed by atoms with Gasteiger partial charge in [0.25, 0.3) is 0 Å². The Bertz CT molecular complexity index is 407. The standard InChI is InChI=1S/C10H12N2O4/c13-5-7-4-12(11-9(7)10(14)15)8-2-1-3-16-6-8/h4-5,8H,1-3,6H2,(H,14,15). The quantitative estimate of drug-likeness (QED) is 0.766. The molecule has 0 amide bonds. The molecule has 6 heteroatoms. The third-order valence-electron chi connectivity index (χ3n) is 2.60. The Kier molecular flexibility index (Phi) is 3.00. The highest BCUT2D eigenvalue weighted by Crippen LogP contribution is 2.19. The van der Waals surface area contributed by atoms with Gasteiger partial charge in [-0.1, -0.05) is 0 Å². The van der Waals surface area contributed by atoms with Gasteiger partial charge in [0.1, 0.15) is 0 Å². The Morgan fingerprint density at radius 1 is 1.69 bits per heavy atom. The van der Waals surface area contributed by atoms with Crippen LogP contribution in [0.4, 0.5) is 0 Å². The molecule has 0 radical (unpaired) electrons. The molecular formula is C10H12N2O4. The van der Waals surface area contributed by atoms with Crippen molar-refractivity contribution in [2.75, 3.05) is 13.2 Å². The molecule has 0 bridgehead atoms. The fourth-order valence-corrected chi connectivity index (χ4v) is 1.78. The number of carboxylic acid groups (broad SMARTS) is 1. The van der Waals surface area contributed by atoms with Crippen LogP contribution in [0.25, 0.3) is 0 Å². The highest BCUT2D eigenvalue weighted by Gasteiger charge is 2.21. The van der Waals surface area contributed by atoms with Gasteiger partial charge in [0.05, 0.1) is 18.2 Å². The summed E-state index contributed by atoms with van der Waals surface area (Å²) in [7, 11) is 0. The second-order valence-electron chi connectivity index (χ2n) is 3.71. The monoisotopic (exact) mass is 224 g/mol. The molecule has 0 aromatic carbocycles. The first-order chi connectivity index (χ1) is 7.72. The van der Waals surface area contributed by atoms with Gasteiger partial charge in [-0.05, 0) is 12.8 Å². The van der Waals surface area contributed by atoms with Crippen molar-refractivity contribution in [3.05, 3.63) is 17.5 Å². The summed E-state index contributed by atoms with van der Waals surface area (Å²) in [5.74, 6) is -1.18. The van der Waals surface area contributed by atoms with Gasteiger partial charge in [0.2, 0.25) is 0 Å². The van der Waals surface area contributed by atoms with Crippen LogP contribution < -0.4 is 0 Å². The van der Waals surface area contributed by atoms with Gasteiger partial charge in [-0.15, -0.1) is 0 Å². The van der Waals surface area contributed by atoms with Gasteiger partial charge in [0, 0.05) is 12.8 Å². The van der Waals surface area contributed by atoms with E-state index in [4.69, 9.17) is 9.84 Å². The van der Waals surface area contributed by atoms with E-state index in [0.29, 0.717) is 12.9 Å². The number of rotatable bonds is 3. The van der Waals surface area contributed by atoms with Crippen molar-refractivity contribution >= 4 is 12.3 Å². The lowest BCUT2D eigenvalue weighted by atomic mass is 10.1. The molecule has 2 rings (SSSR count). The lowest BCUT2D eigenvalue weighted by Gasteiger charge is -2.22. The van der Waals surface area contributed by atoms with Crippen molar-refractivity contribution in [2.45, 2.75) is 18.9 Å². The Morgan fingerprint density at radius 2 is 2.50 bits per heavy atom. The van der Waals surface area contributed by atoms with Crippen molar-refractivity contribution < 1.29 is 19.4 Å². The molecule has 2 heterocycles. The second-order valence-corrected chi connectivity index (χ2v) is 3.71. The number of hydrogen-bond acceptors (Lipinski definition) is 4. The van der Waals surface area contributed by atoms with Crippen LogP contribution in [0.3, 0.4) is 0 Å². The highest BCUT2D eigenvalue weighted by molar-refractivity contribution is 5.95. The molecule has 1 aliphatic heterocycles. The smallest absolute Gasteiger partial charge is 0.357 e. The van der Waals surface area contributed by atoms with Crippen molar-refractivity contribution in [3.8, 4) is 0 Å². The molecule has 1 fully saturated rings. The SMILES string of the molecule is O=Cc1cn(C2CCCOC2)nc1C(=O)O. The fourth-order valence-electron chi connectivity index (χ4n) is 1.78. The van der Waals surface area contributed by atoms with Gasteiger partial charge >= 0.3 is 5.97 Å². The molecule has 1 aromatic rings. The Hall–Kier alpha value is -1.69. The Balaban J connectivity index is 2.27. The minimum atomic E-state index is -1.18. The molecule has 1 aliphatic rings. The van der Waals surface area contributed by atoms with Crippen molar-refractivity contribution in [2.24, 2.45) is 0 Å². The van der Waals surface area contributed by atoms with Crippen molar-refractivity contribution in [3.63, 3.8) is 0 Å². The largest absolute Gasteiger partial charge is 0.476 e. The van der Waals surface area contributed by atoms with Crippen LogP contribution in [0.5, 0.6) is 0 Å². The first-order valence-electron chi connectivity index (χ1n) is 5.07. The normalized spacial score (nSPS) is 20.6. The van der Waals surface area contributed by atoms with Gasteiger partial charge < -0.3 is 9.84 Å². The van der Waals surface area contributed by atoms with E-state index in [0.717, 1.165) is 19.4 Å². The van der Waals surface area contributed by atoms with Gasteiger partial charge in [-0.25, -0.2) is 4.79 Å². The van der Waals surface area contributed by atoms with Crippen LogP contribution in [0.2, 0.25) is 0 Å². The summed E-state index contributed by atoms with van der Waals surface area (Å²) < 4.78 is 6.80. The zero-order valence-electron chi connectivity index (χ0n) is 8.63. The number of aromatic nitrogens is 2. The second kappa shape index (κ2) is 4.44. The summed E-state index contributed by atoms with van der Waals surface area (Å²) in [6.07, 6.45) is 3.79. The van der Waals surface area contributed by atoms with E-state index in [9.17, 15) is 9.59 Å². The molecule has 6 nitrogen and oxygen atoms in total. The maximum Gasteiger partial charge on any atom is 0.357 e. The number of aldehydes is 1. The van der Waals surface area contributed by atoms with Gasteiger partial charge in [-0.2, -0.15) is 5.10 Å². The lowest BCUT2D eigenvalue weighted by Crippen LogP contribution is -2.21. The summed E-state index contributed by atoms with van der Waals surface area (Å²) in [5.41, 5.74) is -0.0846. The van der Waals surface area contributed by atoms with E-state index in [1.165, 1.54) is 10.9 Å². The molecule has 1 saturated heterocycles. The van der Waals surface area contributed by atoms with E-state index >= 15 is 0 Å². The molecule has 1 aromatic heterocycles.